The van der Waals surface area contributed by atoms with Crippen molar-refractivity contribution in [1.29, 1.82) is 0 Å². The summed E-state index contributed by atoms with van der Waals surface area (Å²) in [5.41, 5.74) is 2.32. The zero-order valence-corrected chi connectivity index (χ0v) is 20.6. The summed E-state index contributed by atoms with van der Waals surface area (Å²) in [4.78, 5) is 11.6. The van der Waals surface area contributed by atoms with E-state index in [-0.39, 0.29) is 29.0 Å². The zero-order valence-electron chi connectivity index (χ0n) is 19.8. The molecule has 0 radical (unpaired) electrons. The molecule has 0 aromatic heterocycles. The summed E-state index contributed by atoms with van der Waals surface area (Å²) >= 11 is 0. The Bertz CT molecular complexity index is 684. The highest BCUT2D eigenvalue weighted by atomic mass is 32.3. The first-order chi connectivity index (χ1) is 13.8. The van der Waals surface area contributed by atoms with E-state index in [4.69, 9.17) is 19.2 Å². The van der Waals surface area contributed by atoms with Crippen LogP contribution in [0.25, 0.3) is 0 Å². The number of esters is 1. The SMILES string of the molecule is CC(C)(C)S(C)(C)C.CCOC(=O)CC1OB(O)c2cc(OCCCO)cc(C)c21. The lowest BCUT2D eigenvalue weighted by Gasteiger charge is -2.40. The van der Waals surface area contributed by atoms with E-state index in [0.717, 1.165) is 11.1 Å². The molecule has 0 fully saturated rings. The molecule has 1 unspecified atom stereocenters. The smallest absolute Gasteiger partial charge is 0.492 e. The van der Waals surface area contributed by atoms with Gasteiger partial charge in [0.15, 0.2) is 0 Å². The van der Waals surface area contributed by atoms with Crippen molar-refractivity contribution < 1.29 is 29.1 Å². The number of fused-ring (bicyclic) bond motifs is 1. The molecule has 0 bridgehead atoms. The van der Waals surface area contributed by atoms with Gasteiger partial charge in [0.05, 0.1) is 25.7 Å². The van der Waals surface area contributed by atoms with E-state index in [2.05, 4.69) is 39.5 Å². The molecule has 2 rings (SSSR count). The maximum absolute atomic E-state index is 11.6. The van der Waals surface area contributed by atoms with Crippen LogP contribution in [0.2, 0.25) is 0 Å². The first-order valence-corrected chi connectivity index (χ1v) is 13.2. The van der Waals surface area contributed by atoms with Crippen molar-refractivity contribution >= 4 is 28.6 Å². The maximum atomic E-state index is 11.6. The zero-order chi connectivity index (χ0) is 23.1. The van der Waals surface area contributed by atoms with Gasteiger partial charge in [-0.2, -0.15) is 0 Å². The average Bonchev–Trinajstić information content (AvgIpc) is 2.90. The van der Waals surface area contributed by atoms with Crippen LogP contribution in [-0.2, 0) is 14.2 Å². The molecule has 6 nitrogen and oxygen atoms in total. The summed E-state index contributed by atoms with van der Waals surface area (Å²) in [5, 5.41) is 18.8. The molecule has 0 amide bonds. The lowest BCUT2D eigenvalue weighted by molar-refractivity contribution is -0.145. The molecule has 0 saturated heterocycles. The van der Waals surface area contributed by atoms with Crippen molar-refractivity contribution in [1.82, 2.24) is 0 Å². The van der Waals surface area contributed by atoms with Gasteiger partial charge in [0.2, 0.25) is 0 Å². The first-order valence-electron chi connectivity index (χ1n) is 10.4. The van der Waals surface area contributed by atoms with Crippen LogP contribution in [0, 0.1) is 6.92 Å². The van der Waals surface area contributed by atoms with Crippen LogP contribution in [0.1, 0.15) is 57.8 Å². The number of ether oxygens (including phenoxy) is 2. The van der Waals surface area contributed by atoms with E-state index >= 15 is 0 Å². The van der Waals surface area contributed by atoms with E-state index in [1.165, 1.54) is 0 Å². The first kappa shape index (κ1) is 26.8. The van der Waals surface area contributed by atoms with Crippen LogP contribution in [-0.4, -0.2) is 66.6 Å². The Morgan fingerprint density at radius 3 is 2.37 bits per heavy atom. The van der Waals surface area contributed by atoms with Crippen molar-refractivity contribution in [3.63, 3.8) is 0 Å². The molecule has 1 heterocycles. The molecule has 2 N–H and O–H groups in total. The quantitative estimate of drug-likeness (QED) is 0.384. The number of hydrogen-bond acceptors (Lipinski definition) is 6. The monoisotopic (exact) mass is 442 g/mol. The fourth-order valence-electron chi connectivity index (χ4n) is 2.59. The number of rotatable bonds is 7. The molecule has 1 atom stereocenters. The van der Waals surface area contributed by atoms with Crippen LogP contribution in [0.4, 0.5) is 0 Å². The number of aliphatic hydroxyl groups is 1. The molecule has 1 aromatic rings. The van der Waals surface area contributed by atoms with Crippen LogP contribution in [0.5, 0.6) is 5.75 Å². The van der Waals surface area contributed by atoms with Crippen molar-refractivity contribution in [3.8, 4) is 5.75 Å². The highest BCUT2D eigenvalue weighted by Crippen LogP contribution is 2.48. The minimum Gasteiger partial charge on any atom is -0.494 e. The molecule has 0 spiro atoms. The van der Waals surface area contributed by atoms with Crippen LogP contribution in [0.3, 0.4) is 0 Å². The van der Waals surface area contributed by atoms with Gasteiger partial charge in [-0.05, 0) is 66.1 Å². The van der Waals surface area contributed by atoms with Gasteiger partial charge in [-0.1, -0.05) is 20.8 Å². The number of hydrogen-bond donors (Lipinski definition) is 2. The van der Waals surface area contributed by atoms with Crippen molar-refractivity contribution in [2.45, 2.75) is 58.3 Å². The number of aliphatic hydroxyl groups excluding tert-OH is 1. The molecule has 0 aliphatic carbocycles. The highest BCUT2D eigenvalue weighted by molar-refractivity contribution is 8.33. The van der Waals surface area contributed by atoms with Crippen LogP contribution >= 0.6 is 10.0 Å². The standard InChI is InChI=1S/C15H21BO6.C7H18S/c1-3-20-14(18)9-13-15-10(2)7-11(21-6-4-5-17)8-12(15)16(19)22-13;1-7(2,3)8(4,5)6/h7-8,13,17,19H,3-6,9H2,1-2H3;1-6H3. The van der Waals surface area contributed by atoms with Gasteiger partial charge in [0, 0.05) is 13.0 Å². The number of aryl methyl sites for hydroxylation is 1. The van der Waals surface area contributed by atoms with E-state index in [1.54, 1.807) is 13.0 Å². The Morgan fingerprint density at radius 1 is 1.27 bits per heavy atom. The third-order valence-electron chi connectivity index (χ3n) is 5.34. The van der Waals surface area contributed by atoms with Crippen LogP contribution in [0.15, 0.2) is 12.1 Å². The minimum atomic E-state index is -1.07. The number of benzene rings is 1. The lowest BCUT2D eigenvalue weighted by atomic mass is 9.77. The van der Waals surface area contributed by atoms with Gasteiger partial charge in [0.25, 0.3) is 0 Å². The number of carbonyl (C=O) groups is 1. The fraction of sp³-hybridized carbons (Fsp3) is 0.682. The molecule has 0 saturated carbocycles. The Kier molecular flexibility index (Phi) is 10.2. The molecule has 172 valence electrons. The van der Waals surface area contributed by atoms with E-state index in [1.807, 2.05) is 13.0 Å². The van der Waals surface area contributed by atoms with E-state index in [0.29, 0.717) is 35.6 Å². The van der Waals surface area contributed by atoms with Crippen molar-refractivity contribution in [2.75, 3.05) is 38.6 Å². The van der Waals surface area contributed by atoms with Gasteiger partial charge in [-0.3, -0.25) is 4.79 Å². The Labute approximate surface area is 183 Å². The normalized spacial score (nSPS) is 16.5. The summed E-state index contributed by atoms with van der Waals surface area (Å²) < 4.78 is 16.5. The fourth-order valence-corrected chi connectivity index (χ4v) is 2.59. The van der Waals surface area contributed by atoms with Gasteiger partial charge < -0.3 is 24.3 Å². The van der Waals surface area contributed by atoms with Gasteiger partial charge >= 0.3 is 13.1 Å². The summed E-state index contributed by atoms with van der Waals surface area (Å²) in [6.45, 7) is 11.3. The Balaban J connectivity index is 0.000000479. The summed E-state index contributed by atoms with van der Waals surface area (Å²) in [5.74, 6) is 0.263. The molecule has 8 heteroatoms. The Morgan fingerprint density at radius 2 is 1.87 bits per heavy atom. The second-order valence-electron chi connectivity index (χ2n) is 9.10. The van der Waals surface area contributed by atoms with Gasteiger partial charge in [0.1, 0.15) is 5.75 Å². The molecule has 30 heavy (non-hydrogen) atoms. The minimum absolute atomic E-state index is 0.0667. The predicted octanol–water partition coefficient (Wildman–Crippen LogP) is 2.95. The predicted molar refractivity (Wildman–Crippen MR) is 126 cm³/mol. The third kappa shape index (κ3) is 7.80. The molecule has 1 aromatic carbocycles. The topological polar surface area (TPSA) is 85.2 Å². The number of carbonyl (C=O) groups excluding carboxylic acids is 1. The van der Waals surface area contributed by atoms with E-state index in [9.17, 15) is 9.82 Å². The summed E-state index contributed by atoms with van der Waals surface area (Å²) in [6, 6.07) is 3.56. The largest absolute Gasteiger partial charge is 0.494 e. The van der Waals surface area contributed by atoms with Crippen LogP contribution < -0.4 is 10.2 Å². The summed E-state index contributed by atoms with van der Waals surface area (Å²) in [7, 11) is -1.41. The molecule has 1 aliphatic rings. The van der Waals surface area contributed by atoms with Gasteiger partial charge in [-0.15, -0.1) is 0 Å². The lowest BCUT2D eigenvalue weighted by Crippen LogP contribution is -2.28. The second-order valence-corrected chi connectivity index (χ2v) is 14.0. The van der Waals surface area contributed by atoms with Crippen molar-refractivity contribution in [2.24, 2.45) is 0 Å². The molecular formula is C22H39BO6S. The second kappa shape index (κ2) is 11.4. The van der Waals surface area contributed by atoms with E-state index < -0.39 is 13.2 Å². The average molecular weight is 442 g/mol. The van der Waals surface area contributed by atoms with Gasteiger partial charge in [-0.25, -0.2) is 10.0 Å². The third-order valence-corrected chi connectivity index (χ3v) is 9.01. The summed E-state index contributed by atoms with van der Waals surface area (Å²) in [6.07, 6.45) is 7.17. The Hall–Kier alpha value is -1.22. The van der Waals surface area contributed by atoms with Crippen molar-refractivity contribution in [3.05, 3.63) is 23.3 Å². The molecular weight excluding hydrogens is 403 g/mol. The maximum Gasteiger partial charge on any atom is 0.492 e. The highest BCUT2D eigenvalue weighted by Gasteiger charge is 2.38. The molecule has 1 aliphatic heterocycles.